The van der Waals surface area contributed by atoms with Crippen LogP contribution in [0.25, 0.3) is 6.08 Å². The number of ether oxygens (including phenoxy) is 3. The molecule has 0 bridgehead atoms. The fourth-order valence-corrected chi connectivity index (χ4v) is 4.15. The fourth-order valence-electron chi connectivity index (χ4n) is 3.29. The summed E-state index contributed by atoms with van der Waals surface area (Å²) in [7, 11) is 3.02. The van der Waals surface area contributed by atoms with Gasteiger partial charge >= 0.3 is 0 Å². The predicted octanol–water partition coefficient (Wildman–Crippen LogP) is 4.59. The number of imide groups is 1. The molecular formula is C24H24N2O7S. The molecule has 0 radical (unpaired) electrons. The number of carbonyl (C=O) groups excluding carboxylic acids is 2. The van der Waals surface area contributed by atoms with E-state index in [-0.39, 0.29) is 36.6 Å². The number of allylic oxidation sites excluding steroid dienone is 1. The van der Waals surface area contributed by atoms with Gasteiger partial charge in [0.25, 0.3) is 16.8 Å². The van der Waals surface area contributed by atoms with E-state index in [0.29, 0.717) is 28.4 Å². The van der Waals surface area contributed by atoms with Gasteiger partial charge in [0, 0.05) is 24.8 Å². The molecule has 3 rings (SSSR count). The average molecular weight is 485 g/mol. The van der Waals surface area contributed by atoms with Gasteiger partial charge in [-0.15, -0.1) is 6.58 Å². The van der Waals surface area contributed by atoms with Crippen LogP contribution in [0.15, 0.2) is 54.0 Å². The second-order valence-electron chi connectivity index (χ2n) is 7.24. The van der Waals surface area contributed by atoms with Gasteiger partial charge in [-0.05, 0) is 59.7 Å². The van der Waals surface area contributed by atoms with Crippen molar-refractivity contribution in [3.05, 3.63) is 80.8 Å². The molecule has 0 saturated carbocycles. The van der Waals surface area contributed by atoms with E-state index in [1.54, 1.807) is 30.4 Å². The predicted molar refractivity (Wildman–Crippen MR) is 129 cm³/mol. The Labute approximate surface area is 201 Å². The number of carbonyl (C=O) groups is 2. The van der Waals surface area contributed by atoms with E-state index in [2.05, 4.69) is 6.58 Å². The molecule has 0 spiro atoms. The van der Waals surface area contributed by atoms with Crippen molar-refractivity contribution in [3.63, 3.8) is 0 Å². The van der Waals surface area contributed by atoms with Crippen molar-refractivity contribution in [1.82, 2.24) is 4.90 Å². The number of hydrogen-bond donors (Lipinski definition) is 0. The van der Waals surface area contributed by atoms with Gasteiger partial charge in [0.05, 0.1) is 30.1 Å². The van der Waals surface area contributed by atoms with E-state index in [9.17, 15) is 19.7 Å². The number of thioether (sulfide) groups is 1. The van der Waals surface area contributed by atoms with Gasteiger partial charge < -0.3 is 14.2 Å². The van der Waals surface area contributed by atoms with Crippen LogP contribution >= 0.6 is 11.8 Å². The molecule has 0 unspecified atom stereocenters. The first-order valence-electron chi connectivity index (χ1n) is 10.3. The molecule has 1 saturated heterocycles. The molecule has 0 aromatic heterocycles. The Morgan fingerprint density at radius 1 is 1.18 bits per heavy atom. The molecule has 0 N–H and O–H groups in total. The third-order valence-corrected chi connectivity index (χ3v) is 5.87. The maximum absolute atomic E-state index is 12.6. The van der Waals surface area contributed by atoms with Crippen LogP contribution in [-0.4, -0.2) is 48.3 Å². The molecule has 0 atom stereocenters. The number of amides is 2. The molecule has 9 nitrogen and oxygen atoms in total. The Hall–Kier alpha value is -3.63. The van der Waals surface area contributed by atoms with Crippen LogP contribution in [0, 0.1) is 10.1 Å². The van der Waals surface area contributed by atoms with Crippen LogP contribution in [-0.2, 0) is 22.6 Å². The molecule has 2 aromatic rings. The van der Waals surface area contributed by atoms with Crippen LogP contribution in [0.3, 0.4) is 0 Å². The second kappa shape index (κ2) is 11.5. The lowest BCUT2D eigenvalue weighted by Gasteiger charge is -2.16. The number of nitro groups is 1. The van der Waals surface area contributed by atoms with Crippen molar-refractivity contribution in [2.45, 2.75) is 13.0 Å². The Balaban J connectivity index is 1.86. The first-order chi connectivity index (χ1) is 16.4. The van der Waals surface area contributed by atoms with Crippen molar-refractivity contribution in [1.29, 1.82) is 0 Å². The number of rotatable bonds is 11. The molecule has 1 fully saturated rings. The Bertz CT molecular complexity index is 1130. The van der Waals surface area contributed by atoms with Crippen LogP contribution in [0.1, 0.15) is 16.7 Å². The molecular weight excluding hydrogens is 460 g/mol. The highest BCUT2D eigenvalue weighted by Crippen LogP contribution is 2.37. The van der Waals surface area contributed by atoms with Gasteiger partial charge in [-0.25, -0.2) is 0 Å². The van der Waals surface area contributed by atoms with Crippen molar-refractivity contribution < 1.29 is 28.7 Å². The molecule has 2 aromatic carbocycles. The van der Waals surface area contributed by atoms with Crippen molar-refractivity contribution in [2.75, 3.05) is 27.4 Å². The maximum atomic E-state index is 12.6. The smallest absolute Gasteiger partial charge is 0.293 e. The minimum atomic E-state index is -0.458. The summed E-state index contributed by atoms with van der Waals surface area (Å²) in [5.41, 5.74) is 2.21. The van der Waals surface area contributed by atoms with Crippen LogP contribution < -0.4 is 9.47 Å². The van der Waals surface area contributed by atoms with Gasteiger partial charge in [-0.2, -0.15) is 0 Å². The Morgan fingerprint density at radius 3 is 2.53 bits per heavy atom. The summed E-state index contributed by atoms with van der Waals surface area (Å²) in [5, 5.41) is 10.5. The zero-order valence-corrected chi connectivity index (χ0v) is 19.6. The topological polar surface area (TPSA) is 108 Å². The number of methoxy groups -OCH3 is 2. The lowest BCUT2D eigenvalue weighted by Crippen LogP contribution is -2.31. The summed E-state index contributed by atoms with van der Waals surface area (Å²) < 4.78 is 16.5. The molecule has 178 valence electrons. The summed E-state index contributed by atoms with van der Waals surface area (Å²) in [6.45, 7) is 4.43. The fraction of sp³-hybridized carbons (Fsp3) is 0.250. The van der Waals surface area contributed by atoms with Gasteiger partial charge in [-0.3, -0.25) is 24.6 Å². The molecule has 0 aliphatic carbocycles. The molecule has 1 aliphatic heterocycles. The van der Waals surface area contributed by atoms with Gasteiger partial charge in [0.15, 0.2) is 11.5 Å². The van der Waals surface area contributed by atoms with Crippen molar-refractivity contribution in [2.24, 2.45) is 0 Å². The zero-order valence-electron chi connectivity index (χ0n) is 18.8. The van der Waals surface area contributed by atoms with Crippen molar-refractivity contribution >= 4 is 34.7 Å². The first-order valence-corrected chi connectivity index (χ1v) is 11.1. The largest absolute Gasteiger partial charge is 0.493 e. The summed E-state index contributed by atoms with van der Waals surface area (Å²) >= 11 is 0.877. The molecule has 10 heteroatoms. The van der Waals surface area contributed by atoms with E-state index in [1.807, 2.05) is 6.07 Å². The number of nitro benzene ring substituents is 1. The first kappa shape index (κ1) is 25.0. The van der Waals surface area contributed by atoms with E-state index in [1.165, 1.54) is 26.4 Å². The second-order valence-corrected chi connectivity index (χ2v) is 8.24. The van der Waals surface area contributed by atoms with Gasteiger partial charge in [-0.1, -0.05) is 6.08 Å². The van der Waals surface area contributed by atoms with Crippen LogP contribution in [0.2, 0.25) is 0 Å². The number of non-ortho nitro benzene ring substituents is 1. The monoisotopic (exact) mass is 484 g/mol. The van der Waals surface area contributed by atoms with E-state index < -0.39 is 4.92 Å². The standard InChI is InChI=1S/C24H24N2O7S/c1-4-5-18-12-17(14-21-23(27)25(10-11-31-2)24(28)34-21)13-20(32-3)22(18)33-15-16-6-8-19(9-7-16)26(29)30/h4,6-9,12-14H,1,5,10-11,15H2,2-3H3/b21-14+. The summed E-state index contributed by atoms with van der Waals surface area (Å²) in [5.74, 6) is 0.590. The minimum Gasteiger partial charge on any atom is -0.493 e. The highest BCUT2D eigenvalue weighted by atomic mass is 32.2. The molecule has 1 heterocycles. The van der Waals surface area contributed by atoms with E-state index >= 15 is 0 Å². The van der Waals surface area contributed by atoms with E-state index in [0.717, 1.165) is 27.8 Å². The number of benzene rings is 2. The number of hydrogen-bond acceptors (Lipinski definition) is 8. The quantitative estimate of drug-likeness (QED) is 0.197. The summed E-state index contributed by atoms with van der Waals surface area (Å²) in [4.78, 5) is 36.7. The van der Waals surface area contributed by atoms with Crippen LogP contribution in [0.5, 0.6) is 11.5 Å². The minimum absolute atomic E-state index is 0.00432. The normalized spacial score (nSPS) is 14.5. The third kappa shape index (κ3) is 5.83. The molecule has 2 amide bonds. The van der Waals surface area contributed by atoms with Gasteiger partial charge in [0.1, 0.15) is 6.61 Å². The third-order valence-electron chi connectivity index (χ3n) is 4.96. The highest BCUT2D eigenvalue weighted by molar-refractivity contribution is 8.18. The van der Waals surface area contributed by atoms with Crippen LogP contribution in [0.4, 0.5) is 10.5 Å². The highest BCUT2D eigenvalue weighted by Gasteiger charge is 2.34. The maximum Gasteiger partial charge on any atom is 0.293 e. The summed E-state index contributed by atoms with van der Waals surface area (Å²) in [6, 6.07) is 9.67. The number of nitrogens with zero attached hydrogens (tertiary/aromatic N) is 2. The zero-order chi connectivity index (χ0) is 24.7. The van der Waals surface area contributed by atoms with Gasteiger partial charge in [0.2, 0.25) is 0 Å². The average Bonchev–Trinajstić information content (AvgIpc) is 3.09. The summed E-state index contributed by atoms with van der Waals surface area (Å²) in [6.07, 6.45) is 3.84. The lowest BCUT2D eigenvalue weighted by molar-refractivity contribution is -0.384. The van der Waals surface area contributed by atoms with Crippen molar-refractivity contribution in [3.8, 4) is 11.5 Å². The molecule has 1 aliphatic rings. The van der Waals surface area contributed by atoms with E-state index in [4.69, 9.17) is 14.2 Å². The lowest BCUT2D eigenvalue weighted by atomic mass is 10.0. The Morgan fingerprint density at radius 2 is 1.91 bits per heavy atom. The molecule has 34 heavy (non-hydrogen) atoms. The SMILES string of the molecule is C=CCc1cc(/C=C2/SC(=O)N(CCOC)C2=O)cc(OC)c1OCc1ccc([N+](=O)[O-])cc1. The Kier molecular flexibility index (Phi) is 8.44.